The number of hydrogen-bond donors (Lipinski definition) is 2. The number of nitrogens with two attached hydrogens (primary N) is 2. The summed E-state index contributed by atoms with van der Waals surface area (Å²) < 4.78 is 0. The Balaban J connectivity index is 0.000001000. The van der Waals surface area contributed by atoms with E-state index in [9.17, 15) is 4.79 Å². The zero-order valence-corrected chi connectivity index (χ0v) is 12.9. The molecule has 1 amide bonds. The van der Waals surface area contributed by atoms with Crippen LogP contribution in [0.3, 0.4) is 0 Å². The molecule has 1 aromatic rings. The number of fused-ring (bicyclic) bond motifs is 1. The molecule has 4 nitrogen and oxygen atoms in total. The van der Waals surface area contributed by atoms with Crippen LogP contribution in [0.25, 0.3) is 0 Å². The van der Waals surface area contributed by atoms with Gasteiger partial charge >= 0.3 is 0 Å². The van der Waals surface area contributed by atoms with E-state index in [0.29, 0.717) is 19.4 Å². The molecule has 3 rings (SSSR count). The second kappa shape index (κ2) is 6.31. The molecule has 1 fully saturated rings. The van der Waals surface area contributed by atoms with Crippen molar-refractivity contribution in [3.05, 3.63) is 35.4 Å². The molecule has 6 heteroatoms. The molecular formula is C14H21Cl2N3O. The molecule has 1 aromatic carbocycles. The number of carbonyl (C=O) groups is 1. The fraction of sp³-hybridized carbons (Fsp3) is 0.500. The minimum Gasteiger partial charge on any atom is -0.339 e. The fourth-order valence-corrected chi connectivity index (χ4v) is 3.08. The molecule has 2 aliphatic rings. The summed E-state index contributed by atoms with van der Waals surface area (Å²) in [5.74, 6) is 0.0617. The smallest absolute Gasteiger partial charge is 0.243 e. The Hall–Kier alpha value is -0.810. The first-order valence-corrected chi connectivity index (χ1v) is 6.49. The van der Waals surface area contributed by atoms with Crippen molar-refractivity contribution in [2.45, 2.75) is 30.8 Å². The highest BCUT2D eigenvalue weighted by Gasteiger charge is 2.43. The molecule has 1 saturated heterocycles. The van der Waals surface area contributed by atoms with Gasteiger partial charge in [0.05, 0.1) is 0 Å². The van der Waals surface area contributed by atoms with Crippen molar-refractivity contribution in [1.82, 2.24) is 4.90 Å². The number of rotatable bonds is 1. The van der Waals surface area contributed by atoms with Crippen molar-refractivity contribution >= 4 is 30.7 Å². The Labute approximate surface area is 131 Å². The Bertz CT molecular complexity index is 470. The summed E-state index contributed by atoms with van der Waals surface area (Å²) in [6.07, 6.45) is 2.18. The summed E-state index contributed by atoms with van der Waals surface area (Å²) in [7, 11) is 0. The van der Waals surface area contributed by atoms with Crippen LogP contribution in [0, 0.1) is 0 Å². The number of likely N-dealkylation sites (tertiary alicyclic amines) is 1. The Kier molecular flexibility index (Phi) is 5.44. The van der Waals surface area contributed by atoms with Gasteiger partial charge in [0.15, 0.2) is 0 Å². The Morgan fingerprint density at radius 1 is 1.20 bits per heavy atom. The van der Waals surface area contributed by atoms with Crippen LogP contribution in [-0.4, -0.2) is 35.5 Å². The van der Waals surface area contributed by atoms with Gasteiger partial charge in [0.1, 0.15) is 5.54 Å². The second-order valence-electron chi connectivity index (χ2n) is 5.58. The fourth-order valence-electron chi connectivity index (χ4n) is 3.08. The number of benzene rings is 1. The van der Waals surface area contributed by atoms with E-state index in [2.05, 4.69) is 12.1 Å². The van der Waals surface area contributed by atoms with Gasteiger partial charge in [-0.15, -0.1) is 24.8 Å². The van der Waals surface area contributed by atoms with Crippen LogP contribution < -0.4 is 11.5 Å². The van der Waals surface area contributed by atoms with Crippen LogP contribution in [0.15, 0.2) is 24.3 Å². The van der Waals surface area contributed by atoms with Gasteiger partial charge in [0.2, 0.25) is 5.91 Å². The van der Waals surface area contributed by atoms with Crippen molar-refractivity contribution in [3.8, 4) is 0 Å². The monoisotopic (exact) mass is 317 g/mol. The Morgan fingerprint density at radius 2 is 1.75 bits per heavy atom. The SMILES string of the molecule is Cl.Cl.NC1CCN(C(=O)C2(N)Cc3ccccc3C2)C1. The van der Waals surface area contributed by atoms with Crippen molar-refractivity contribution in [1.29, 1.82) is 0 Å². The van der Waals surface area contributed by atoms with Gasteiger partial charge in [-0.25, -0.2) is 0 Å². The quantitative estimate of drug-likeness (QED) is 0.808. The number of amides is 1. The first-order valence-electron chi connectivity index (χ1n) is 6.49. The molecule has 1 unspecified atom stereocenters. The predicted octanol–water partition coefficient (Wildman–Crippen LogP) is 0.886. The third-order valence-corrected chi connectivity index (χ3v) is 4.07. The molecule has 0 radical (unpaired) electrons. The van der Waals surface area contributed by atoms with Crippen molar-refractivity contribution in [3.63, 3.8) is 0 Å². The average molecular weight is 318 g/mol. The highest BCUT2D eigenvalue weighted by Crippen LogP contribution is 2.30. The summed E-state index contributed by atoms with van der Waals surface area (Å²) in [4.78, 5) is 14.4. The molecule has 112 valence electrons. The van der Waals surface area contributed by atoms with Gasteiger partial charge in [0.25, 0.3) is 0 Å². The second-order valence-corrected chi connectivity index (χ2v) is 5.58. The van der Waals surface area contributed by atoms with Gasteiger partial charge in [-0.1, -0.05) is 24.3 Å². The van der Waals surface area contributed by atoms with Gasteiger partial charge in [-0.2, -0.15) is 0 Å². The third-order valence-electron chi connectivity index (χ3n) is 4.07. The molecule has 0 saturated carbocycles. The van der Waals surface area contributed by atoms with E-state index in [-0.39, 0.29) is 36.8 Å². The van der Waals surface area contributed by atoms with Crippen LogP contribution in [-0.2, 0) is 17.6 Å². The van der Waals surface area contributed by atoms with Crippen LogP contribution in [0.1, 0.15) is 17.5 Å². The van der Waals surface area contributed by atoms with E-state index < -0.39 is 5.54 Å². The molecule has 1 atom stereocenters. The maximum absolute atomic E-state index is 12.5. The molecule has 0 bridgehead atoms. The zero-order valence-electron chi connectivity index (χ0n) is 11.2. The van der Waals surface area contributed by atoms with E-state index in [1.807, 2.05) is 17.0 Å². The maximum Gasteiger partial charge on any atom is 0.243 e. The molecular weight excluding hydrogens is 297 g/mol. The standard InChI is InChI=1S/C14H19N3O.2ClH/c15-12-5-6-17(9-12)13(18)14(16)7-10-3-1-2-4-11(10)8-14;;/h1-4,12H,5-9,15-16H2;2*1H. The normalized spacial score (nSPS) is 22.7. The van der Waals surface area contributed by atoms with Gasteiger partial charge < -0.3 is 16.4 Å². The van der Waals surface area contributed by atoms with Crippen LogP contribution in [0.4, 0.5) is 0 Å². The summed E-state index contributed by atoms with van der Waals surface area (Å²) in [5, 5.41) is 0. The van der Waals surface area contributed by atoms with Crippen LogP contribution in [0.5, 0.6) is 0 Å². The van der Waals surface area contributed by atoms with E-state index in [1.54, 1.807) is 0 Å². The lowest BCUT2D eigenvalue weighted by molar-refractivity contribution is -0.135. The molecule has 1 aliphatic carbocycles. The minimum atomic E-state index is -0.756. The van der Waals surface area contributed by atoms with Crippen molar-refractivity contribution in [2.24, 2.45) is 11.5 Å². The number of halogens is 2. The molecule has 0 aromatic heterocycles. The van der Waals surface area contributed by atoms with Crippen molar-refractivity contribution < 1.29 is 4.79 Å². The largest absolute Gasteiger partial charge is 0.339 e. The lowest BCUT2D eigenvalue weighted by Gasteiger charge is -2.28. The molecule has 1 aliphatic heterocycles. The lowest BCUT2D eigenvalue weighted by Crippen LogP contribution is -2.56. The third kappa shape index (κ3) is 2.93. The number of carbonyl (C=O) groups excluding carboxylic acids is 1. The first-order chi connectivity index (χ1) is 8.58. The topological polar surface area (TPSA) is 72.3 Å². The predicted molar refractivity (Wildman–Crippen MR) is 84.4 cm³/mol. The molecule has 4 N–H and O–H groups in total. The van der Waals surface area contributed by atoms with E-state index in [4.69, 9.17) is 11.5 Å². The van der Waals surface area contributed by atoms with E-state index in [1.165, 1.54) is 11.1 Å². The number of nitrogens with zero attached hydrogens (tertiary/aromatic N) is 1. The van der Waals surface area contributed by atoms with E-state index >= 15 is 0 Å². The van der Waals surface area contributed by atoms with Crippen LogP contribution >= 0.6 is 24.8 Å². The summed E-state index contributed by atoms with van der Waals surface area (Å²) >= 11 is 0. The highest BCUT2D eigenvalue weighted by atomic mass is 35.5. The molecule has 0 spiro atoms. The molecule has 20 heavy (non-hydrogen) atoms. The van der Waals surface area contributed by atoms with Crippen molar-refractivity contribution in [2.75, 3.05) is 13.1 Å². The van der Waals surface area contributed by atoms with E-state index in [0.717, 1.165) is 13.0 Å². The number of hydrogen-bond acceptors (Lipinski definition) is 3. The lowest BCUT2D eigenvalue weighted by atomic mass is 9.95. The maximum atomic E-state index is 12.5. The van der Waals surface area contributed by atoms with Gasteiger partial charge in [-0.3, -0.25) is 4.79 Å². The molecule has 1 heterocycles. The average Bonchev–Trinajstić information content (AvgIpc) is 2.91. The van der Waals surface area contributed by atoms with Gasteiger partial charge in [0, 0.05) is 19.1 Å². The Morgan fingerprint density at radius 3 is 2.20 bits per heavy atom. The summed E-state index contributed by atoms with van der Waals surface area (Å²) in [6, 6.07) is 8.24. The van der Waals surface area contributed by atoms with Crippen LogP contribution in [0.2, 0.25) is 0 Å². The highest BCUT2D eigenvalue weighted by molar-refractivity contribution is 5.88. The summed E-state index contributed by atoms with van der Waals surface area (Å²) in [5.41, 5.74) is 13.9. The zero-order chi connectivity index (χ0) is 12.8. The minimum absolute atomic E-state index is 0. The summed E-state index contributed by atoms with van der Waals surface area (Å²) in [6.45, 7) is 1.39. The first kappa shape index (κ1) is 17.2. The van der Waals surface area contributed by atoms with Gasteiger partial charge in [-0.05, 0) is 30.4 Å².